The van der Waals surface area contributed by atoms with E-state index in [1.807, 2.05) is 6.07 Å². The van der Waals surface area contributed by atoms with Crippen molar-refractivity contribution in [3.63, 3.8) is 0 Å². The van der Waals surface area contributed by atoms with Crippen molar-refractivity contribution in [2.24, 2.45) is 0 Å². The average molecular weight is 422 g/mol. The Morgan fingerprint density at radius 3 is 2.55 bits per heavy atom. The highest BCUT2D eigenvalue weighted by atomic mass is 16.5. The van der Waals surface area contributed by atoms with Crippen molar-refractivity contribution < 1.29 is 23.9 Å². The van der Waals surface area contributed by atoms with Gasteiger partial charge in [0.25, 0.3) is 11.8 Å². The van der Waals surface area contributed by atoms with Crippen molar-refractivity contribution in [2.45, 2.75) is 25.3 Å². The fourth-order valence-electron chi connectivity index (χ4n) is 3.84. The smallest absolute Gasteiger partial charge is 0.344 e. The molecule has 31 heavy (non-hydrogen) atoms. The van der Waals surface area contributed by atoms with E-state index in [4.69, 9.17) is 4.74 Å². The summed E-state index contributed by atoms with van der Waals surface area (Å²) in [4.78, 5) is 52.3. The number of benzene rings is 2. The van der Waals surface area contributed by atoms with Gasteiger partial charge in [-0.2, -0.15) is 5.01 Å². The Balaban J connectivity index is 1.53. The second-order valence-corrected chi connectivity index (χ2v) is 7.28. The van der Waals surface area contributed by atoms with E-state index in [2.05, 4.69) is 10.7 Å². The van der Waals surface area contributed by atoms with Gasteiger partial charge in [0.15, 0.2) is 0 Å². The number of imide groups is 1. The predicted octanol–water partition coefficient (Wildman–Crippen LogP) is 1.69. The molecule has 9 nitrogen and oxygen atoms in total. The number of anilines is 1. The summed E-state index contributed by atoms with van der Waals surface area (Å²) in [6.07, 6.45) is 0.418. The lowest BCUT2D eigenvalue weighted by Crippen LogP contribution is -2.51. The number of rotatable bonds is 5. The van der Waals surface area contributed by atoms with E-state index >= 15 is 0 Å². The number of nitrogens with one attached hydrogen (secondary N) is 2. The van der Waals surface area contributed by atoms with E-state index in [9.17, 15) is 19.2 Å². The predicted molar refractivity (Wildman–Crippen MR) is 111 cm³/mol. The van der Waals surface area contributed by atoms with Gasteiger partial charge in [-0.15, -0.1) is 0 Å². The third kappa shape index (κ3) is 3.58. The minimum absolute atomic E-state index is 0.109. The fourth-order valence-corrected chi connectivity index (χ4v) is 3.84. The number of hydrazine groups is 1. The maximum Gasteiger partial charge on any atom is 0.344 e. The molecular formula is C22H22N4O5. The van der Waals surface area contributed by atoms with Crippen LogP contribution in [0.15, 0.2) is 54.6 Å². The van der Waals surface area contributed by atoms with Gasteiger partial charge in [0.2, 0.25) is 5.91 Å². The van der Waals surface area contributed by atoms with Gasteiger partial charge in [-0.25, -0.2) is 4.79 Å². The van der Waals surface area contributed by atoms with Crippen molar-refractivity contribution in [3.05, 3.63) is 60.2 Å². The summed E-state index contributed by atoms with van der Waals surface area (Å²) in [5.74, 6) is -1.05. The first kappa shape index (κ1) is 20.4. The molecule has 2 aliphatic heterocycles. The molecule has 1 atom stereocenters. The van der Waals surface area contributed by atoms with Crippen LogP contribution in [0.2, 0.25) is 0 Å². The van der Waals surface area contributed by atoms with Crippen molar-refractivity contribution >= 4 is 29.4 Å². The van der Waals surface area contributed by atoms with Gasteiger partial charge in [0.1, 0.15) is 17.8 Å². The number of hydrogen-bond acceptors (Lipinski definition) is 5. The molecule has 1 unspecified atom stereocenters. The molecule has 2 N–H and O–H groups in total. The van der Waals surface area contributed by atoms with Crippen LogP contribution in [0.5, 0.6) is 5.75 Å². The summed E-state index contributed by atoms with van der Waals surface area (Å²) in [7, 11) is 0. The van der Waals surface area contributed by atoms with Gasteiger partial charge in [-0.05, 0) is 24.1 Å². The number of para-hydroxylation sites is 2. The average Bonchev–Trinajstić information content (AvgIpc) is 2.92. The Bertz CT molecular complexity index is 1040. The molecule has 5 amide bonds. The molecule has 0 radical (unpaired) electrons. The van der Waals surface area contributed by atoms with Crippen molar-refractivity contribution in [2.75, 3.05) is 18.1 Å². The zero-order valence-electron chi connectivity index (χ0n) is 17.0. The van der Waals surface area contributed by atoms with Crippen molar-refractivity contribution in [3.8, 4) is 5.75 Å². The zero-order chi connectivity index (χ0) is 22.0. The summed E-state index contributed by atoms with van der Waals surface area (Å²) in [6, 6.07) is 15.0. The zero-order valence-corrected chi connectivity index (χ0v) is 17.0. The fraction of sp³-hybridized carbons (Fsp3) is 0.273. The van der Waals surface area contributed by atoms with Crippen LogP contribution in [0.3, 0.4) is 0 Å². The first-order valence-corrected chi connectivity index (χ1v) is 10.00. The summed E-state index contributed by atoms with van der Waals surface area (Å²) >= 11 is 0. The van der Waals surface area contributed by atoms with Crippen LogP contribution in [0, 0.1) is 0 Å². The number of ether oxygens (including phenoxy) is 1. The van der Waals surface area contributed by atoms with Gasteiger partial charge in [-0.1, -0.05) is 49.4 Å². The molecule has 9 heteroatoms. The normalized spacial score (nSPS) is 20.6. The monoisotopic (exact) mass is 422 g/mol. The lowest BCUT2D eigenvalue weighted by molar-refractivity contribution is -0.139. The Hall–Kier alpha value is -3.88. The van der Waals surface area contributed by atoms with Crippen LogP contribution in [0.4, 0.5) is 10.5 Å². The highest BCUT2D eigenvalue weighted by Crippen LogP contribution is 2.32. The molecule has 2 heterocycles. The van der Waals surface area contributed by atoms with Crippen LogP contribution in [0.25, 0.3) is 0 Å². The van der Waals surface area contributed by atoms with Gasteiger partial charge < -0.3 is 10.1 Å². The minimum Gasteiger partial charge on any atom is -0.491 e. The third-order valence-corrected chi connectivity index (χ3v) is 5.46. The number of urea groups is 1. The lowest BCUT2D eigenvalue weighted by Gasteiger charge is -2.26. The van der Waals surface area contributed by atoms with Gasteiger partial charge in [0.05, 0.1) is 18.7 Å². The molecule has 2 aromatic carbocycles. The molecule has 2 aromatic rings. The molecule has 0 aliphatic carbocycles. The number of carbonyl (C=O) groups excluding carboxylic acids is 4. The van der Waals surface area contributed by atoms with Crippen molar-refractivity contribution in [1.82, 2.24) is 15.8 Å². The summed E-state index contributed by atoms with van der Waals surface area (Å²) in [6.45, 7) is 1.63. The summed E-state index contributed by atoms with van der Waals surface area (Å²) in [5, 5.41) is 3.38. The van der Waals surface area contributed by atoms with Gasteiger partial charge in [0, 0.05) is 0 Å². The first-order valence-electron chi connectivity index (χ1n) is 10.00. The minimum atomic E-state index is -1.26. The molecular weight excluding hydrogens is 400 g/mol. The van der Waals surface area contributed by atoms with Crippen LogP contribution in [0.1, 0.15) is 25.3 Å². The maximum atomic E-state index is 13.1. The molecule has 0 saturated carbocycles. The van der Waals surface area contributed by atoms with E-state index in [0.717, 1.165) is 0 Å². The van der Waals surface area contributed by atoms with E-state index < -0.39 is 23.4 Å². The number of carbonyl (C=O) groups is 4. The number of nitrogens with zero attached hydrogens (tertiary/aromatic N) is 2. The molecule has 2 aliphatic rings. The topological polar surface area (TPSA) is 108 Å². The summed E-state index contributed by atoms with van der Waals surface area (Å²) < 4.78 is 5.57. The Morgan fingerprint density at radius 2 is 1.81 bits per heavy atom. The molecule has 0 aromatic heterocycles. The Labute approximate surface area is 178 Å². The first-order chi connectivity index (χ1) is 15.0. The van der Waals surface area contributed by atoms with E-state index in [0.29, 0.717) is 28.4 Å². The Morgan fingerprint density at radius 1 is 1.10 bits per heavy atom. The Kier molecular flexibility index (Phi) is 5.33. The van der Waals surface area contributed by atoms with Crippen LogP contribution in [-0.2, 0) is 19.9 Å². The number of fused-ring (bicyclic) bond motifs is 1. The third-order valence-electron chi connectivity index (χ3n) is 5.46. The number of hydrogen-bond donors (Lipinski definition) is 2. The second kappa shape index (κ2) is 8.10. The summed E-state index contributed by atoms with van der Waals surface area (Å²) in [5.41, 5.74) is 2.18. The number of amides is 5. The quantitative estimate of drug-likeness (QED) is 0.713. The largest absolute Gasteiger partial charge is 0.491 e. The lowest BCUT2D eigenvalue weighted by atomic mass is 9.87. The van der Waals surface area contributed by atoms with Crippen LogP contribution >= 0.6 is 0 Å². The van der Waals surface area contributed by atoms with Crippen LogP contribution < -0.4 is 20.4 Å². The molecule has 0 spiro atoms. The van der Waals surface area contributed by atoms with E-state index in [-0.39, 0.29) is 25.5 Å². The molecule has 4 rings (SSSR count). The molecule has 1 saturated heterocycles. The molecule has 0 bridgehead atoms. The maximum absolute atomic E-state index is 13.1. The highest BCUT2D eigenvalue weighted by molar-refractivity contribution is 6.09. The van der Waals surface area contributed by atoms with E-state index in [1.54, 1.807) is 55.5 Å². The van der Waals surface area contributed by atoms with Gasteiger partial charge >= 0.3 is 6.03 Å². The van der Waals surface area contributed by atoms with Crippen molar-refractivity contribution in [1.29, 1.82) is 0 Å². The van der Waals surface area contributed by atoms with E-state index in [1.165, 1.54) is 4.90 Å². The molecule has 1 fully saturated rings. The van der Waals surface area contributed by atoms with Crippen LogP contribution in [-0.4, -0.2) is 41.9 Å². The second-order valence-electron chi connectivity index (χ2n) is 7.28. The SMILES string of the molecule is CCC1(c2ccccc2)NC(=O)N(NC(=O)CN2C(=O)CCOc3ccccc32)C1=O. The highest BCUT2D eigenvalue weighted by Gasteiger charge is 2.52. The standard InChI is InChI=1S/C22H22N4O5/c1-2-22(15-8-4-3-5-9-15)20(29)26(21(30)23-22)24-18(27)14-25-16-10-6-7-11-17(16)31-13-12-19(25)28/h3-11H,2,12-14H2,1H3,(H,23,30)(H,24,27). The molecule has 160 valence electrons. The van der Waals surface area contributed by atoms with Gasteiger partial charge in [-0.3, -0.25) is 24.7 Å².